The van der Waals surface area contributed by atoms with Gasteiger partial charge in [-0.3, -0.25) is 19.0 Å². The van der Waals surface area contributed by atoms with Gasteiger partial charge in [-0.1, -0.05) is 0 Å². The number of pyridine rings is 2. The number of ether oxygens (including phenoxy) is 1. The van der Waals surface area contributed by atoms with Gasteiger partial charge < -0.3 is 20.3 Å². The molecule has 3 heterocycles. The van der Waals surface area contributed by atoms with Gasteiger partial charge in [0.2, 0.25) is 0 Å². The number of carbonyl (C=O) groups is 2. The second-order valence-corrected chi connectivity index (χ2v) is 6.16. The molecule has 1 aliphatic rings. The number of hydrogen-bond acceptors (Lipinski definition) is 6. The molecule has 26 heavy (non-hydrogen) atoms. The first-order valence-electron chi connectivity index (χ1n) is 8.23. The summed E-state index contributed by atoms with van der Waals surface area (Å²) >= 11 is 0. The molecule has 1 fully saturated rings. The molecule has 3 N–H and O–H groups in total. The topological polar surface area (TPSA) is 131 Å². The number of fused-ring (bicyclic) bond motifs is 1. The summed E-state index contributed by atoms with van der Waals surface area (Å²) in [6.45, 7) is -0.0154. The zero-order valence-corrected chi connectivity index (χ0v) is 14.2. The van der Waals surface area contributed by atoms with Crippen LogP contribution >= 0.6 is 0 Å². The van der Waals surface area contributed by atoms with E-state index in [9.17, 15) is 19.5 Å². The fraction of sp³-hybridized carbons (Fsp3) is 0.412. The number of hydrogen-bond donors (Lipinski definition) is 3. The Morgan fingerprint density at radius 2 is 2.19 bits per heavy atom. The highest BCUT2D eigenvalue weighted by Crippen LogP contribution is 2.32. The third-order valence-electron chi connectivity index (χ3n) is 4.39. The standard InChI is InChI=1S/C17H19N3O6/c1-20-15-10(6-9(7-18-15)11-4-2-3-5-26-11)14(23)13(17(20)25)16(24)19-8-12(21)22/h6-7,11,23H,2-5,8H2,1H3,(H,19,24)(H,21,22)/t11-/m1/s1. The summed E-state index contributed by atoms with van der Waals surface area (Å²) in [6.07, 6.45) is 4.28. The van der Waals surface area contributed by atoms with Crippen LogP contribution in [0.2, 0.25) is 0 Å². The van der Waals surface area contributed by atoms with E-state index in [2.05, 4.69) is 10.3 Å². The molecule has 1 aliphatic heterocycles. The Bertz CT molecular complexity index is 930. The summed E-state index contributed by atoms with van der Waals surface area (Å²) in [5, 5.41) is 21.5. The van der Waals surface area contributed by atoms with Crippen LogP contribution < -0.4 is 10.9 Å². The van der Waals surface area contributed by atoms with Crippen molar-refractivity contribution in [1.29, 1.82) is 0 Å². The van der Waals surface area contributed by atoms with Gasteiger partial charge in [-0.15, -0.1) is 0 Å². The van der Waals surface area contributed by atoms with Crippen LogP contribution in [0.3, 0.4) is 0 Å². The van der Waals surface area contributed by atoms with Gasteiger partial charge in [-0.25, -0.2) is 4.98 Å². The maximum Gasteiger partial charge on any atom is 0.322 e. The lowest BCUT2D eigenvalue weighted by molar-refractivity contribution is -0.135. The number of carboxylic acid groups (broad SMARTS) is 1. The van der Waals surface area contributed by atoms with Crippen LogP contribution in [-0.2, 0) is 16.6 Å². The molecule has 0 saturated carbocycles. The van der Waals surface area contributed by atoms with Gasteiger partial charge in [0, 0.05) is 19.9 Å². The highest BCUT2D eigenvalue weighted by atomic mass is 16.5. The number of aromatic hydroxyl groups is 1. The zero-order chi connectivity index (χ0) is 18.8. The van der Waals surface area contributed by atoms with Gasteiger partial charge in [0.15, 0.2) is 0 Å². The number of aryl methyl sites for hydroxylation is 1. The van der Waals surface area contributed by atoms with Crippen molar-refractivity contribution >= 4 is 22.9 Å². The molecular formula is C17H19N3O6. The van der Waals surface area contributed by atoms with E-state index in [1.165, 1.54) is 7.05 Å². The average Bonchev–Trinajstić information content (AvgIpc) is 2.65. The molecule has 0 aromatic carbocycles. The third-order valence-corrected chi connectivity index (χ3v) is 4.39. The number of nitrogens with zero attached hydrogens (tertiary/aromatic N) is 2. The lowest BCUT2D eigenvalue weighted by atomic mass is 10.0. The van der Waals surface area contributed by atoms with E-state index in [4.69, 9.17) is 9.84 Å². The van der Waals surface area contributed by atoms with Crippen molar-refractivity contribution in [3.8, 4) is 5.75 Å². The predicted molar refractivity (Wildman–Crippen MR) is 91.2 cm³/mol. The molecule has 9 nitrogen and oxygen atoms in total. The molecule has 0 radical (unpaired) electrons. The van der Waals surface area contributed by atoms with Crippen LogP contribution in [0.15, 0.2) is 17.1 Å². The fourth-order valence-electron chi connectivity index (χ4n) is 3.04. The van der Waals surface area contributed by atoms with Gasteiger partial charge in [0.1, 0.15) is 23.5 Å². The van der Waals surface area contributed by atoms with Crippen molar-refractivity contribution in [2.24, 2.45) is 7.05 Å². The number of rotatable bonds is 4. The highest BCUT2D eigenvalue weighted by molar-refractivity contribution is 6.02. The monoisotopic (exact) mass is 361 g/mol. The average molecular weight is 361 g/mol. The van der Waals surface area contributed by atoms with Crippen molar-refractivity contribution in [1.82, 2.24) is 14.9 Å². The Morgan fingerprint density at radius 1 is 1.42 bits per heavy atom. The van der Waals surface area contributed by atoms with Crippen LogP contribution in [0.4, 0.5) is 0 Å². The largest absolute Gasteiger partial charge is 0.506 e. The first-order chi connectivity index (χ1) is 12.4. The lowest BCUT2D eigenvalue weighted by Crippen LogP contribution is -2.35. The summed E-state index contributed by atoms with van der Waals surface area (Å²) in [5.41, 5.74) is -0.290. The molecule has 1 saturated heterocycles. The Kier molecular flexibility index (Phi) is 4.90. The molecule has 3 rings (SSSR count). The molecule has 0 bridgehead atoms. The second kappa shape index (κ2) is 7.12. The van der Waals surface area contributed by atoms with E-state index in [0.29, 0.717) is 6.61 Å². The minimum Gasteiger partial charge on any atom is -0.506 e. The number of carboxylic acids is 1. The van der Waals surface area contributed by atoms with Crippen molar-refractivity contribution in [2.45, 2.75) is 25.4 Å². The Balaban J connectivity index is 2.09. The second-order valence-electron chi connectivity index (χ2n) is 6.16. The number of aliphatic carboxylic acids is 1. The molecule has 9 heteroatoms. The molecule has 0 aliphatic carbocycles. The van der Waals surface area contributed by atoms with Crippen molar-refractivity contribution in [2.75, 3.05) is 13.2 Å². The number of aromatic nitrogens is 2. The predicted octanol–water partition coefficient (Wildman–Crippen LogP) is 0.695. The third kappa shape index (κ3) is 3.25. The number of amides is 1. The number of carbonyl (C=O) groups excluding carboxylic acids is 1. The van der Waals surface area contributed by atoms with Gasteiger partial charge >= 0.3 is 5.97 Å². The van der Waals surface area contributed by atoms with Crippen LogP contribution in [0.1, 0.15) is 41.3 Å². The number of nitrogens with one attached hydrogen (secondary N) is 1. The molecule has 2 aromatic rings. The van der Waals surface area contributed by atoms with E-state index >= 15 is 0 Å². The first-order valence-corrected chi connectivity index (χ1v) is 8.23. The Hall–Kier alpha value is -2.94. The molecular weight excluding hydrogens is 342 g/mol. The van der Waals surface area contributed by atoms with Crippen molar-refractivity contribution < 1.29 is 24.5 Å². The molecule has 138 valence electrons. The minimum absolute atomic E-state index is 0.151. The quantitative estimate of drug-likeness (QED) is 0.730. The summed E-state index contributed by atoms with van der Waals surface area (Å²) in [4.78, 5) is 39.5. The van der Waals surface area contributed by atoms with E-state index in [1.807, 2.05) is 0 Å². The maximum absolute atomic E-state index is 12.4. The van der Waals surface area contributed by atoms with Crippen molar-refractivity contribution in [3.63, 3.8) is 0 Å². The van der Waals surface area contributed by atoms with Gasteiger partial charge in [-0.2, -0.15) is 0 Å². The minimum atomic E-state index is -1.26. The normalized spacial score (nSPS) is 17.2. The fourth-order valence-corrected chi connectivity index (χ4v) is 3.04. The van der Waals surface area contributed by atoms with Crippen LogP contribution in [0, 0.1) is 0 Å². The Morgan fingerprint density at radius 3 is 2.85 bits per heavy atom. The first kappa shape index (κ1) is 17.9. The van der Waals surface area contributed by atoms with Gasteiger partial charge in [-0.05, 0) is 30.9 Å². The van der Waals surface area contributed by atoms with E-state index < -0.39 is 35.3 Å². The SMILES string of the molecule is Cn1c(=O)c(C(=O)NCC(=O)O)c(O)c2cc([C@H]3CCCCO3)cnc21. The molecule has 0 spiro atoms. The molecule has 1 atom stereocenters. The van der Waals surface area contributed by atoms with Gasteiger partial charge in [0.05, 0.1) is 11.5 Å². The van der Waals surface area contributed by atoms with E-state index in [1.54, 1.807) is 12.3 Å². The lowest BCUT2D eigenvalue weighted by Gasteiger charge is -2.23. The summed E-state index contributed by atoms with van der Waals surface area (Å²) in [5.74, 6) is -2.73. The molecule has 2 aromatic heterocycles. The zero-order valence-electron chi connectivity index (χ0n) is 14.2. The molecule has 0 unspecified atom stereocenters. The van der Waals surface area contributed by atoms with E-state index in [0.717, 1.165) is 29.4 Å². The smallest absolute Gasteiger partial charge is 0.322 e. The van der Waals surface area contributed by atoms with Crippen LogP contribution in [0.25, 0.3) is 11.0 Å². The molecule has 1 amide bonds. The maximum atomic E-state index is 12.4. The Labute approximate surface area is 148 Å². The van der Waals surface area contributed by atoms with Gasteiger partial charge in [0.25, 0.3) is 11.5 Å². The summed E-state index contributed by atoms with van der Waals surface area (Å²) in [6, 6.07) is 1.65. The van der Waals surface area contributed by atoms with Crippen LogP contribution in [-0.4, -0.2) is 44.8 Å². The van der Waals surface area contributed by atoms with Crippen molar-refractivity contribution in [3.05, 3.63) is 33.7 Å². The van der Waals surface area contributed by atoms with Crippen LogP contribution in [0.5, 0.6) is 5.75 Å². The summed E-state index contributed by atoms with van der Waals surface area (Å²) < 4.78 is 6.86. The highest BCUT2D eigenvalue weighted by Gasteiger charge is 2.24. The summed E-state index contributed by atoms with van der Waals surface area (Å²) in [7, 11) is 1.43. The van der Waals surface area contributed by atoms with E-state index in [-0.39, 0.29) is 17.1 Å².